The first kappa shape index (κ1) is 19.8. The molecule has 2 amide bonds. The molecule has 31 heavy (non-hydrogen) atoms. The number of imide groups is 1. The number of carbonyl (C=O) groups excluding carboxylic acids is 2. The molecule has 2 saturated heterocycles. The number of ether oxygens (including phenoxy) is 1. The van der Waals surface area contributed by atoms with Crippen LogP contribution >= 0.6 is 0 Å². The summed E-state index contributed by atoms with van der Waals surface area (Å²) in [7, 11) is 0. The SMILES string of the molecule is O=C1CCC(NC(=C2CCC2)c2nc(-c3ccccc3)oc2N2CCOCC2)C(=O)N1. The number of morpholine rings is 1. The number of hydrogen-bond acceptors (Lipinski definition) is 7. The topological polar surface area (TPSA) is 96.7 Å². The lowest BCUT2D eigenvalue weighted by Gasteiger charge is -2.30. The maximum Gasteiger partial charge on any atom is 0.249 e. The van der Waals surface area contributed by atoms with Gasteiger partial charge in [0, 0.05) is 25.1 Å². The Hall–Kier alpha value is -3.13. The number of hydrogen-bond donors (Lipinski definition) is 2. The molecular weight excluding hydrogens is 396 g/mol. The first-order valence-corrected chi connectivity index (χ1v) is 10.9. The summed E-state index contributed by atoms with van der Waals surface area (Å²) < 4.78 is 11.8. The van der Waals surface area contributed by atoms with Crippen molar-refractivity contribution in [3.8, 4) is 11.5 Å². The van der Waals surface area contributed by atoms with Gasteiger partial charge in [0.2, 0.25) is 23.6 Å². The molecule has 1 saturated carbocycles. The minimum Gasteiger partial charge on any atom is -0.420 e. The number of allylic oxidation sites excluding steroid dienone is 1. The van der Waals surface area contributed by atoms with E-state index in [1.54, 1.807) is 0 Å². The van der Waals surface area contributed by atoms with Crippen molar-refractivity contribution in [3.05, 3.63) is 41.6 Å². The molecule has 3 aliphatic rings. The summed E-state index contributed by atoms with van der Waals surface area (Å²) in [6.07, 6.45) is 3.84. The maximum absolute atomic E-state index is 12.4. The van der Waals surface area contributed by atoms with Gasteiger partial charge in [-0.15, -0.1) is 0 Å². The quantitative estimate of drug-likeness (QED) is 0.715. The van der Waals surface area contributed by atoms with Crippen LogP contribution in [0.2, 0.25) is 0 Å². The minimum atomic E-state index is -0.463. The van der Waals surface area contributed by atoms with E-state index in [4.69, 9.17) is 14.1 Å². The van der Waals surface area contributed by atoms with Gasteiger partial charge in [-0.2, -0.15) is 0 Å². The van der Waals surface area contributed by atoms with Crippen LogP contribution in [0.1, 0.15) is 37.8 Å². The number of rotatable bonds is 5. The highest BCUT2D eigenvalue weighted by molar-refractivity contribution is 6.01. The molecule has 1 aliphatic carbocycles. The fraction of sp³-hybridized carbons (Fsp3) is 0.435. The number of anilines is 1. The number of amides is 2. The van der Waals surface area contributed by atoms with Gasteiger partial charge in [-0.1, -0.05) is 18.2 Å². The average Bonchev–Trinajstić information content (AvgIpc) is 3.20. The minimum absolute atomic E-state index is 0.220. The van der Waals surface area contributed by atoms with E-state index in [0.717, 1.165) is 49.3 Å². The fourth-order valence-corrected chi connectivity index (χ4v) is 4.11. The molecule has 2 N–H and O–H groups in total. The largest absolute Gasteiger partial charge is 0.420 e. The molecule has 1 aromatic heterocycles. The standard InChI is InChI=1S/C23H26N4O4/c28-18-10-9-17(21(29)25-18)24-19(15-7-4-8-15)20-23(27-11-13-30-14-12-27)31-22(26-20)16-5-2-1-3-6-16/h1-3,5-6,17,24H,4,7-14H2,(H,25,28,29). The third kappa shape index (κ3) is 4.07. The smallest absolute Gasteiger partial charge is 0.249 e. The second-order valence-electron chi connectivity index (χ2n) is 8.12. The van der Waals surface area contributed by atoms with Gasteiger partial charge < -0.3 is 19.4 Å². The highest BCUT2D eigenvalue weighted by Gasteiger charge is 2.32. The van der Waals surface area contributed by atoms with Crippen LogP contribution in [0.15, 0.2) is 40.3 Å². The Bertz CT molecular complexity index is 1000. The summed E-state index contributed by atoms with van der Waals surface area (Å²) in [4.78, 5) is 31.1. The monoisotopic (exact) mass is 422 g/mol. The second kappa shape index (κ2) is 8.55. The first-order valence-electron chi connectivity index (χ1n) is 10.9. The van der Waals surface area contributed by atoms with Crippen LogP contribution in [0.5, 0.6) is 0 Å². The van der Waals surface area contributed by atoms with Crippen LogP contribution in [0.4, 0.5) is 5.88 Å². The fourth-order valence-electron chi connectivity index (χ4n) is 4.11. The van der Waals surface area contributed by atoms with E-state index in [-0.39, 0.29) is 11.8 Å². The second-order valence-corrected chi connectivity index (χ2v) is 8.12. The first-order chi connectivity index (χ1) is 15.2. The van der Waals surface area contributed by atoms with Gasteiger partial charge in [0.1, 0.15) is 6.04 Å². The van der Waals surface area contributed by atoms with Crippen molar-refractivity contribution in [1.82, 2.24) is 15.6 Å². The van der Waals surface area contributed by atoms with Crippen molar-refractivity contribution in [2.75, 3.05) is 31.2 Å². The lowest BCUT2D eigenvalue weighted by Crippen LogP contribution is -2.50. The van der Waals surface area contributed by atoms with Crippen molar-refractivity contribution in [2.24, 2.45) is 0 Å². The molecule has 2 aromatic rings. The van der Waals surface area contributed by atoms with E-state index in [2.05, 4.69) is 15.5 Å². The van der Waals surface area contributed by atoms with Gasteiger partial charge in [0.05, 0.1) is 18.9 Å². The van der Waals surface area contributed by atoms with Crippen molar-refractivity contribution in [2.45, 2.75) is 38.1 Å². The van der Waals surface area contributed by atoms with Gasteiger partial charge in [0.15, 0.2) is 5.69 Å². The van der Waals surface area contributed by atoms with Gasteiger partial charge >= 0.3 is 0 Å². The van der Waals surface area contributed by atoms with Gasteiger partial charge in [-0.05, 0) is 43.4 Å². The number of carbonyl (C=O) groups is 2. The van der Waals surface area contributed by atoms with E-state index < -0.39 is 6.04 Å². The van der Waals surface area contributed by atoms with E-state index >= 15 is 0 Å². The lowest BCUT2D eigenvalue weighted by molar-refractivity contribution is -0.134. The van der Waals surface area contributed by atoms with Crippen molar-refractivity contribution in [3.63, 3.8) is 0 Å². The Morgan fingerprint density at radius 1 is 1.10 bits per heavy atom. The summed E-state index contributed by atoms with van der Waals surface area (Å²) in [5, 5.41) is 5.86. The normalized spacial score (nSPS) is 21.5. The summed E-state index contributed by atoms with van der Waals surface area (Å²) >= 11 is 0. The number of piperidine rings is 1. The van der Waals surface area contributed by atoms with E-state index in [1.165, 1.54) is 5.57 Å². The summed E-state index contributed by atoms with van der Waals surface area (Å²) in [5.41, 5.74) is 3.75. The third-order valence-corrected chi connectivity index (χ3v) is 6.03. The molecule has 1 unspecified atom stereocenters. The summed E-state index contributed by atoms with van der Waals surface area (Å²) in [5.74, 6) is 0.756. The lowest BCUT2D eigenvalue weighted by atomic mass is 9.89. The molecule has 0 bridgehead atoms. The number of nitrogens with zero attached hydrogens (tertiary/aromatic N) is 2. The molecule has 0 spiro atoms. The molecule has 1 aromatic carbocycles. The van der Waals surface area contributed by atoms with Crippen molar-refractivity contribution >= 4 is 23.4 Å². The predicted octanol–water partition coefficient (Wildman–Crippen LogP) is 2.47. The highest BCUT2D eigenvalue weighted by Crippen LogP contribution is 2.38. The number of aromatic nitrogens is 1. The highest BCUT2D eigenvalue weighted by atomic mass is 16.5. The molecule has 1 atom stereocenters. The molecule has 3 fully saturated rings. The Balaban J connectivity index is 1.54. The number of nitrogens with one attached hydrogen (secondary N) is 2. The van der Waals surface area contributed by atoms with Crippen LogP contribution in [-0.2, 0) is 14.3 Å². The average molecular weight is 422 g/mol. The van der Waals surface area contributed by atoms with E-state index in [0.29, 0.717) is 37.8 Å². The van der Waals surface area contributed by atoms with E-state index in [1.807, 2.05) is 30.3 Å². The Morgan fingerprint density at radius 2 is 1.87 bits per heavy atom. The summed E-state index contributed by atoms with van der Waals surface area (Å²) in [6, 6.07) is 9.37. The molecule has 2 aliphatic heterocycles. The molecule has 3 heterocycles. The predicted molar refractivity (Wildman–Crippen MR) is 115 cm³/mol. The molecular formula is C23H26N4O4. The molecule has 8 heteroatoms. The number of benzene rings is 1. The van der Waals surface area contributed by atoms with Gasteiger partial charge in [0.25, 0.3) is 0 Å². The van der Waals surface area contributed by atoms with Gasteiger partial charge in [-0.25, -0.2) is 4.98 Å². The molecule has 8 nitrogen and oxygen atoms in total. The Morgan fingerprint density at radius 3 is 2.55 bits per heavy atom. The third-order valence-electron chi connectivity index (χ3n) is 6.03. The molecule has 5 rings (SSSR count). The van der Waals surface area contributed by atoms with Crippen LogP contribution < -0.4 is 15.5 Å². The number of oxazole rings is 1. The van der Waals surface area contributed by atoms with E-state index in [9.17, 15) is 9.59 Å². The zero-order chi connectivity index (χ0) is 21.2. The summed E-state index contributed by atoms with van der Waals surface area (Å²) in [6.45, 7) is 2.70. The zero-order valence-electron chi connectivity index (χ0n) is 17.4. The molecule has 162 valence electrons. The van der Waals surface area contributed by atoms with Gasteiger partial charge in [-0.3, -0.25) is 14.9 Å². The van der Waals surface area contributed by atoms with Crippen molar-refractivity contribution in [1.29, 1.82) is 0 Å². The van der Waals surface area contributed by atoms with Crippen LogP contribution in [0, 0.1) is 0 Å². The van der Waals surface area contributed by atoms with Crippen molar-refractivity contribution < 1.29 is 18.7 Å². The van der Waals surface area contributed by atoms with Crippen LogP contribution in [-0.4, -0.2) is 49.1 Å². The molecule has 0 radical (unpaired) electrons. The maximum atomic E-state index is 12.4. The van der Waals surface area contributed by atoms with Crippen LogP contribution in [0.25, 0.3) is 17.2 Å². The van der Waals surface area contributed by atoms with Crippen LogP contribution in [0.3, 0.4) is 0 Å². The zero-order valence-corrected chi connectivity index (χ0v) is 17.4. The Kier molecular flexibility index (Phi) is 5.46. The Labute approximate surface area is 180 Å².